The van der Waals surface area contributed by atoms with Gasteiger partial charge >= 0.3 is 0 Å². The number of hydrogen-bond acceptors (Lipinski definition) is 0. The summed E-state index contributed by atoms with van der Waals surface area (Å²) in [5, 5.41) is 0. The Balaban J connectivity index is 2.73. The number of rotatable bonds is 4. The molecule has 0 saturated heterocycles. The lowest BCUT2D eigenvalue weighted by Gasteiger charge is -2.10. The SMILES string of the molecule is [CH2]CCCCc1ccc(C)c(C)c1C. The molecule has 77 valence electrons. The van der Waals surface area contributed by atoms with Crippen molar-refractivity contribution in [2.24, 2.45) is 0 Å². The van der Waals surface area contributed by atoms with E-state index < -0.39 is 0 Å². The highest BCUT2D eigenvalue weighted by Gasteiger charge is 2.02. The summed E-state index contributed by atoms with van der Waals surface area (Å²) in [6, 6.07) is 4.52. The summed E-state index contributed by atoms with van der Waals surface area (Å²) in [5.74, 6) is 0. The molecule has 0 nitrogen and oxygen atoms in total. The molecular weight excluding hydrogens is 168 g/mol. The molecule has 0 aliphatic carbocycles. The lowest BCUT2D eigenvalue weighted by Crippen LogP contribution is -1.94. The fourth-order valence-corrected chi connectivity index (χ4v) is 1.78. The normalized spacial score (nSPS) is 10.6. The van der Waals surface area contributed by atoms with E-state index in [1.165, 1.54) is 41.5 Å². The molecule has 0 amide bonds. The van der Waals surface area contributed by atoms with E-state index in [4.69, 9.17) is 0 Å². The van der Waals surface area contributed by atoms with Crippen LogP contribution in [0.25, 0.3) is 0 Å². The van der Waals surface area contributed by atoms with Crippen molar-refractivity contribution in [2.45, 2.75) is 46.5 Å². The van der Waals surface area contributed by atoms with Crippen LogP contribution >= 0.6 is 0 Å². The summed E-state index contributed by atoms with van der Waals surface area (Å²) in [5.41, 5.74) is 5.86. The van der Waals surface area contributed by atoms with Crippen LogP contribution in [0.3, 0.4) is 0 Å². The Labute approximate surface area is 88.4 Å². The lowest BCUT2D eigenvalue weighted by molar-refractivity contribution is 0.743. The van der Waals surface area contributed by atoms with Gasteiger partial charge in [-0.3, -0.25) is 0 Å². The lowest BCUT2D eigenvalue weighted by atomic mass is 9.95. The third-order valence-corrected chi connectivity index (χ3v) is 3.12. The molecule has 0 atom stereocenters. The van der Waals surface area contributed by atoms with Crippen molar-refractivity contribution in [3.05, 3.63) is 41.3 Å². The zero-order valence-electron chi connectivity index (χ0n) is 9.69. The van der Waals surface area contributed by atoms with Crippen molar-refractivity contribution in [3.63, 3.8) is 0 Å². The van der Waals surface area contributed by atoms with Crippen molar-refractivity contribution in [1.29, 1.82) is 0 Å². The van der Waals surface area contributed by atoms with E-state index in [2.05, 4.69) is 39.8 Å². The van der Waals surface area contributed by atoms with Gasteiger partial charge in [-0.1, -0.05) is 31.9 Å². The summed E-state index contributed by atoms with van der Waals surface area (Å²) >= 11 is 0. The molecule has 0 saturated carbocycles. The van der Waals surface area contributed by atoms with E-state index >= 15 is 0 Å². The highest BCUT2D eigenvalue weighted by molar-refractivity contribution is 5.38. The van der Waals surface area contributed by atoms with Crippen LogP contribution in [0.15, 0.2) is 12.1 Å². The first-order valence-electron chi connectivity index (χ1n) is 5.51. The quantitative estimate of drug-likeness (QED) is 0.624. The first kappa shape index (κ1) is 11.3. The second-order valence-corrected chi connectivity index (χ2v) is 4.10. The highest BCUT2D eigenvalue weighted by Crippen LogP contribution is 2.18. The summed E-state index contributed by atoms with van der Waals surface area (Å²) in [4.78, 5) is 0. The number of unbranched alkanes of at least 4 members (excludes halogenated alkanes) is 2. The van der Waals surface area contributed by atoms with Gasteiger partial charge in [0, 0.05) is 0 Å². The number of aryl methyl sites for hydroxylation is 2. The molecule has 0 N–H and O–H groups in total. The van der Waals surface area contributed by atoms with E-state index in [1.807, 2.05) is 0 Å². The fourth-order valence-electron chi connectivity index (χ4n) is 1.78. The molecule has 1 aromatic rings. The van der Waals surface area contributed by atoms with Crippen molar-refractivity contribution in [2.75, 3.05) is 0 Å². The van der Waals surface area contributed by atoms with Gasteiger partial charge < -0.3 is 0 Å². The van der Waals surface area contributed by atoms with Gasteiger partial charge in [-0.25, -0.2) is 0 Å². The van der Waals surface area contributed by atoms with Crippen LogP contribution in [0.4, 0.5) is 0 Å². The molecule has 0 fully saturated rings. The summed E-state index contributed by atoms with van der Waals surface area (Å²) in [6.07, 6.45) is 4.78. The third kappa shape index (κ3) is 2.60. The number of benzene rings is 1. The van der Waals surface area contributed by atoms with E-state index in [1.54, 1.807) is 0 Å². The Kier molecular flexibility index (Phi) is 4.19. The molecule has 0 heteroatoms. The van der Waals surface area contributed by atoms with Gasteiger partial charge in [0.25, 0.3) is 0 Å². The maximum Gasteiger partial charge on any atom is -0.0276 e. The first-order valence-corrected chi connectivity index (χ1v) is 5.51. The second-order valence-electron chi connectivity index (χ2n) is 4.10. The predicted octanol–water partition coefficient (Wildman–Crippen LogP) is 4.16. The maximum atomic E-state index is 3.87. The van der Waals surface area contributed by atoms with Gasteiger partial charge in [0.05, 0.1) is 0 Å². The second kappa shape index (κ2) is 5.19. The molecule has 0 spiro atoms. The van der Waals surface area contributed by atoms with Crippen molar-refractivity contribution in [3.8, 4) is 0 Å². The molecule has 1 rings (SSSR count). The predicted molar refractivity (Wildman–Crippen MR) is 63.6 cm³/mol. The molecule has 14 heavy (non-hydrogen) atoms. The minimum absolute atomic E-state index is 1.06. The molecule has 0 aromatic heterocycles. The van der Waals surface area contributed by atoms with Crippen LogP contribution in [0.1, 0.15) is 41.5 Å². The monoisotopic (exact) mass is 189 g/mol. The molecule has 0 aliphatic heterocycles. The zero-order chi connectivity index (χ0) is 10.6. The average molecular weight is 189 g/mol. The Hall–Kier alpha value is -0.780. The Morgan fingerprint density at radius 1 is 1.00 bits per heavy atom. The van der Waals surface area contributed by atoms with Gasteiger partial charge in [0.2, 0.25) is 0 Å². The number of hydrogen-bond donors (Lipinski definition) is 0. The molecular formula is C14H21. The smallest absolute Gasteiger partial charge is 0.0276 e. The zero-order valence-corrected chi connectivity index (χ0v) is 9.69. The van der Waals surface area contributed by atoms with Crippen LogP contribution in [0.5, 0.6) is 0 Å². The van der Waals surface area contributed by atoms with Crippen LogP contribution in [0.2, 0.25) is 0 Å². The van der Waals surface area contributed by atoms with E-state index in [0.29, 0.717) is 0 Å². The minimum atomic E-state index is 1.06. The van der Waals surface area contributed by atoms with Gasteiger partial charge in [0.15, 0.2) is 0 Å². The molecule has 0 aliphatic rings. The first-order chi connectivity index (χ1) is 6.66. The minimum Gasteiger partial charge on any atom is -0.0588 e. The molecule has 1 aromatic carbocycles. The van der Waals surface area contributed by atoms with Crippen molar-refractivity contribution >= 4 is 0 Å². The fraction of sp³-hybridized carbons (Fsp3) is 0.500. The summed E-state index contributed by atoms with van der Waals surface area (Å²) < 4.78 is 0. The Morgan fingerprint density at radius 2 is 1.71 bits per heavy atom. The standard InChI is InChI=1S/C14H21/c1-5-6-7-8-14-10-9-11(2)12(3)13(14)4/h9-10H,1,5-8H2,2-4H3. The van der Waals surface area contributed by atoms with Gasteiger partial charge in [-0.15, -0.1) is 0 Å². The van der Waals surface area contributed by atoms with E-state index in [0.717, 1.165) is 6.42 Å². The summed E-state index contributed by atoms with van der Waals surface area (Å²) in [7, 11) is 0. The van der Waals surface area contributed by atoms with E-state index in [9.17, 15) is 0 Å². The average Bonchev–Trinajstić information content (AvgIpc) is 2.18. The molecule has 0 heterocycles. The van der Waals surface area contributed by atoms with Crippen LogP contribution in [-0.2, 0) is 6.42 Å². The van der Waals surface area contributed by atoms with Crippen molar-refractivity contribution < 1.29 is 0 Å². The molecule has 0 bridgehead atoms. The topological polar surface area (TPSA) is 0 Å². The van der Waals surface area contributed by atoms with Gasteiger partial charge in [-0.2, -0.15) is 0 Å². The Bertz CT molecular complexity index is 297. The molecule has 1 radical (unpaired) electrons. The largest absolute Gasteiger partial charge is 0.0588 e. The Morgan fingerprint density at radius 3 is 2.36 bits per heavy atom. The summed E-state index contributed by atoms with van der Waals surface area (Å²) in [6.45, 7) is 10.5. The highest BCUT2D eigenvalue weighted by atomic mass is 14.1. The third-order valence-electron chi connectivity index (χ3n) is 3.12. The molecule has 0 unspecified atom stereocenters. The maximum absolute atomic E-state index is 3.87. The van der Waals surface area contributed by atoms with Crippen molar-refractivity contribution in [1.82, 2.24) is 0 Å². The van der Waals surface area contributed by atoms with Gasteiger partial charge in [-0.05, 0) is 55.9 Å². The van der Waals surface area contributed by atoms with Crippen LogP contribution in [0, 0.1) is 27.7 Å². The van der Waals surface area contributed by atoms with Crippen LogP contribution in [-0.4, -0.2) is 0 Å². The van der Waals surface area contributed by atoms with E-state index in [-0.39, 0.29) is 0 Å². The van der Waals surface area contributed by atoms with Gasteiger partial charge in [0.1, 0.15) is 0 Å². The van der Waals surface area contributed by atoms with Crippen LogP contribution < -0.4 is 0 Å².